The quantitative estimate of drug-likeness (QED) is 0.277. The van der Waals surface area contributed by atoms with E-state index in [2.05, 4.69) is 5.32 Å². The molecule has 0 aliphatic carbocycles. The van der Waals surface area contributed by atoms with E-state index in [1.807, 2.05) is 49.4 Å². The van der Waals surface area contributed by atoms with Gasteiger partial charge >= 0.3 is 12.0 Å². The zero-order valence-electron chi connectivity index (χ0n) is 22.7. The predicted molar refractivity (Wildman–Crippen MR) is 159 cm³/mol. The van der Waals surface area contributed by atoms with E-state index in [0.29, 0.717) is 27.7 Å². The van der Waals surface area contributed by atoms with E-state index < -0.39 is 23.3 Å². The molecule has 3 aromatic carbocycles. The van der Waals surface area contributed by atoms with Crippen LogP contribution in [0.25, 0.3) is 0 Å². The molecule has 1 saturated heterocycles. The number of aliphatic carboxylic acids is 1. The first-order valence-electron chi connectivity index (χ1n) is 13.3. The van der Waals surface area contributed by atoms with Gasteiger partial charge in [0.2, 0.25) is 5.91 Å². The minimum atomic E-state index is -1.12. The van der Waals surface area contributed by atoms with Gasteiger partial charge in [0.25, 0.3) is 0 Å². The second kappa shape index (κ2) is 13.4. The molecule has 0 radical (unpaired) electrons. The highest BCUT2D eigenvalue weighted by Gasteiger charge is 2.46. The van der Waals surface area contributed by atoms with Crippen LogP contribution in [-0.2, 0) is 22.6 Å². The van der Waals surface area contributed by atoms with Gasteiger partial charge in [-0.1, -0.05) is 77.3 Å². The molecule has 4 rings (SSSR count). The van der Waals surface area contributed by atoms with Crippen LogP contribution in [0, 0.1) is 12.3 Å². The van der Waals surface area contributed by atoms with Crippen molar-refractivity contribution in [2.75, 3.05) is 24.6 Å². The lowest BCUT2D eigenvalue weighted by Crippen LogP contribution is -2.60. The summed E-state index contributed by atoms with van der Waals surface area (Å²) in [5.41, 5.74) is 2.08. The standard InChI is InChI=1S/C31H33Cl2N3O5/c1-21-7-11-26(12-8-21)36-20-31(16-29(39)40,15-28(38)34-25(18-37)13-22-5-3-2-4-6-22)19-35(30(36)41)17-23-9-10-24(32)14-27(23)33/h2-12,14,25,37H,13,15-20H2,1H3,(H,34,38)(H,39,40). The molecule has 3 N–H and O–H groups in total. The minimum absolute atomic E-state index is 0.0232. The topological polar surface area (TPSA) is 110 Å². The van der Waals surface area contributed by atoms with Gasteiger partial charge in [0, 0.05) is 47.2 Å². The number of anilines is 1. The predicted octanol–water partition coefficient (Wildman–Crippen LogP) is 5.32. The van der Waals surface area contributed by atoms with Crippen molar-refractivity contribution in [1.82, 2.24) is 10.2 Å². The normalized spacial score (nSPS) is 17.8. The maximum absolute atomic E-state index is 13.8. The monoisotopic (exact) mass is 597 g/mol. The van der Waals surface area contributed by atoms with Crippen LogP contribution in [0.1, 0.15) is 29.5 Å². The number of amides is 3. The Kier molecular flexibility index (Phi) is 9.91. The Morgan fingerprint density at radius 1 is 1.00 bits per heavy atom. The van der Waals surface area contributed by atoms with Gasteiger partial charge in [0.05, 0.1) is 19.1 Å². The smallest absolute Gasteiger partial charge is 0.324 e. The van der Waals surface area contributed by atoms with Crippen molar-refractivity contribution < 1.29 is 24.6 Å². The number of nitrogens with one attached hydrogen (secondary N) is 1. The second-order valence-electron chi connectivity index (χ2n) is 10.7. The first-order chi connectivity index (χ1) is 19.6. The largest absolute Gasteiger partial charge is 0.481 e. The molecule has 41 heavy (non-hydrogen) atoms. The van der Waals surface area contributed by atoms with Gasteiger partial charge in [0.1, 0.15) is 0 Å². The van der Waals surface area contributed by atoms with Gasteiger partial charge in [-0.2, -0.15) is 0 Å². The number of hydrogen-bond donors (Lipinski definition) is 3. The lowest BCUT2D eigenvalue weighted by atomic mass is 9.77. The molecule has 2 unspecified atom stereocenters. The average Bonchev–Trinajstić information content (AvgIpc) is 2.92. The van der Waals surface area contributed by atoms with E-state index in [4.69, 9.17) is 23.2 Å². The second-order valence-corrected chi connectivity index (χ2v) is 11.5. The maximum atomic E-state index is 13.8. The Balaban J connectivity index is 1.64. The van der Waals surface area contributed by atoms with Gasteiger partial charge in [-0.05, 0) is 48.7 Å². The number of urea groups is 1. The summed E-state index contributed by atoms with van der Waals surface area (Å²) in [4.78, 5) is 42.4. The number of carboxylic acids is 1. The number of rotatable bonds is 11. The van der Waals surface area contributed by atoms with Gasteiger partial charge < -0.3 is 20.4 Å². The number of aliphatic hydroxyl groups is 1. The molecule has 0 spiro atoms. The molecule has 1 fully saturated rings. The number of halogens is 2. The van der Waals surface area contributed by atoms with Crippen molar-refractivity contribution in [3.8, 4) is 0 Å². The lowest BCUT2D eigenvalue weighted by molar-refractivity contribution is -0.141. The van der Waals surface area contributed by atoms with Crippen molar-refractivity contribution in [3.63, 3.8) is 0 Å². The molecule has 0 bridgehead atoms. The molecule has 216 valence electrons. The van der Waals surface area contributed by atoms with Crippen molar-refractivity contribution in [1.29, 1.82) is 0 Å². The van der Waals surface area contributed by atoms with Crippen LogP contribution >= 0.6 is 23.2 Å². The summed E-state index contributed by atoms with van der Waals surface area (Å²) in [6.07, 6.45) is -0.0847. The van der Waals surface area contributed by atoms with E-state index >= 15 is 0 Å². The van der Waals surface area contributed by atoms with Gasteiger partial charge in [-0.3, -0.25) is 14.5 Å². The molecule has 8 nitrogen and oxygen atoms in total. The Morgan fingerprint density at radius 3 is 2.34 bits per heavy atom. The molecule has 3 aromatic rings. The van der Waals surface area contributed by atoms with Crippen molar-refractivity contribution in [2.45, 2.75) is 38.8 Å². The number of carboxylic acid groups (broad SMARTS) is 1. The third-order valence-electron chi connectivity index (χ3n) is 7.22. The Bertz CT molecular complexity index is 1390. The highest BCUT2D eigenvalue weighted by Crippen LogP contribution is 2.37. The van der Waals surface area contributed by atoms with Gasteiger partial charge in [-0.15, -0.1) is 0 Å². The molecular weight excluding hydrogens is 565 g/mol. The van der Waals surface area contributed by atoms with Gasteiger partial charge in [-0.25, -0.2) is 4.79 Å². The number of benzene rings is 3. The van der Waals surface area contributed by atoms with Crippen molar-refractivity contribution in [2.24, 2.45) is 5.41 Å². The highest BCUT2D eigenvalue weighted by molar-refractivity contribution is 6.35. The van der Waals surface area contributed by atoms with Gasteiger partial charge in [0.15, 0.2) is 0 Å². The van der Waals surface area contributed by atoms with Crippen LogP contribution < -0.4 is 10.2 Å². The Morgan fingerprint density at radius 2 is 1.71 bits per heavy atom. The third-order valence-corrected chi connectivity index (χ3v) is 7.80. The van der Waals surface area contributed by atoms with E-state index in [0.717, 1.165) is 11.1 Å². The third kappa shape index (κ3) is 8.00. The number of hydrogen-bond acceptors (Lipinski definition) is 4. The van der Waals surface area contributed by atoms with E-state index in [1.165, 1.54) is 9.80 Å². The number of carbonyl (C=O) groups is 3. The van der Waals surface area contributed by atoms with Crippen LogP contribution in [-0.4, -0.2) is 58.8 Å². The number of aryl methyl sites for hydroxylation is 1. The summed E-state index contributed by atoms with van der Waals surface area (Å²) >= 11 is 12.5. The Labute approximate surface area is 249 Å². The molecule has 10 heteroatoms. The Hall–Kier alpha value is -3.59. The summed E-state index contributed by atoms with van der Waals surface area (Å²) < 4.78 is 0. The molecule has 2 atom stereocenters. The van der Waals surface area contributed by atoms with Crippen LogP contribution in [0.4, 0.5) is 10.5 Å². The molecule has 3 amide bonds. The molecule has 1 heterocycles. The maximum Gasteiger partial charge on any atom is 0.324 e. The number of aliphatic hydroxyl groups excluding tert-OH is 1. The number of nitrogens with zero attached hydrogens (tertiary/aromatic N) is 2. The summed E-state index contributed by atoms with van der Waals surface area (Å²) in [7, 11) is 0. The van der Waals surface area contributed by atoms with Crippen LogP contribution in [0.5, 0.6) is 0 Å². The minimum Gasteiger partial charge on any atom is -0.481 e. The van der Waals surface area contributed by atoms with E-state index in [-0.39, 0.29) is 45.1 Å². The van der Waals surface area contributed by atoms with Crippen LogP contribution in [0.15, 0.2) is 72.8 Å². The van der Waals surface area contributed by atoms with Crippen molar-refractivity contribution >= 4 is 46.8 Å². The van der Waals surface area contributed by atoms with E-state index in [1.54, 1.807) is 30.3 Å². The average molecular weight is 599 g/mol. The molecular formula is C31H33Cl2N3O5. The SMILES string of the molecule is Cc1ccc(N2CC(CC(=O)O)(CC(=O)NC(CO)Cc3ccccc3)CN(Cc3ccc(Cl)cc3Cl)C2=O)cc1. The molecule has 1 aliphatic rings. The van der Waals surface area contributed by atoms with Crippen molar-refractivity contribution in [3.05, 3.63) is 99.5 Å². The summed E-state index contributed by atoms with van der Waals surface area (Å²) in [5.74, 6) is -1.48. The van der Waals surface area contributed by atoms with E-state index in [9.17, 15) is 24.6 Å². The van der Waals surface area contributed by atoms with Crippen LogP contribution in [0.2, 0.25) is 10.0 Å². The summed E-state index contributed by atoms with van der Waals surface area (Å²) in [5, 5.41) is 23.6. The fraction of sp³-hybridized carbons (Fsp3) is 0.323. The molecule has 0 saturated carbocycles. The summed E-state index contributed by atoms with van der Waals surface area (Å²) in [6, 6.07) is 20.9. The first-order valence-corrected chi connectivity index (χ1v) is 14.1. The fourth-order valence-corrected chi connectivity index (χ4v) is 5.76. The summed E-state index contributed by atoms with van der Waals surface area (Å²) in [6.45, 7) is 1.81. The van der Waals surface area contributed by atoms with Crippen LogP contribution in [0.3, 0.4) is 0 Å². The zero-order chi connectivity index (χ0) is 29.6. The lowest BCUT2D eigenvalue weighted by Gasteiger charge is -2.47. The zero-order valence-corrected chi connectivity index (χ0v) is 24.2. The highest BCUT2D eigenvalue weighted by atomic mass is 35.5. The molecule has 0 aromatic heterocycles. The molecule has 1 aliphatic heterocycles. The number of carbonyl (C=O) groups excluding carboxylic acids is 2. The fourth-order valence-electron chi connectivity index (χ4n) is 5.29. The first kappa shape index (κ1) is 30.4.